The number of nitrogens with zero attached hydrogens (tertiary/aromatic N) is 2. The van der Waals surface area contributed by atoms with Crippen molar-refractivity contribution in [3.63, 3.8) is 0 Å². The Hall–Kier alpha value is -2.05. The molecule has 0 fully saturated rings. The smallest absolute Gasteiger partial charge is 0.117 e. The number of furan rings is 1. The fourth-order valence-electron chi connectivity index (χ4n) is 2.29. The van der Waals surface area contributed by atoms with Crippen molar-refractivity contribution in [2.75, 3.05) is 0 Å². The van der Waals surface area contributed by atoms with Crippen LogP contribution in [0.4, 0.5) is 0 Å². The number of benzene rings is 1. The van der Waals surface area contributed by atoms with Crippen molar-refractivity contribution in [1.82, 2.24) is 4.90 Å². The van der Waals surface area contributed by atoms with Gasteiger partial charge in [0.2, 0.25) is 0 Å². The van der Waals surface area contributed by atoms with Crippen LogP contribution in [0.2, 0.25) is 0 Å². The molecule has 0 bridgehead atoms. The van der Waals surface area contributed by atoms with Crippen LogP contribution in [0.15, 0.2) is 47.1 Å². The van der Waals surface area contributed by atoms with E-state index >= 15 is 0 Å². The Morgan fingerprint density at radius 2 is 1.81 bits per heavy atom. The number of nitriles is 1. The molecule has 0 saturated heterocycles. The average molecular weight is 282 g/mol. The fraction of sp³-hybridized carbons (Fsp3) is 0.389. The summed E-state index contributed by atoms with van der Waals surface area (Å²) >= 11 is 0. The van der Waals surface area contributed by atoms with Gasteiger partial charge in [0.25, 0.3) is 0 Å². The van der Waals surface area contributed by atoms with Gasteiger partial charge in [0.05, 0.1) is 24.4 Å². The predicted octanol–water partition coefficient (Wildman–Crippen LogP) is 4.20. The van der Waals surface area contributed by atoms with E-state index in [9.17, 15) is 0 Å². The summed E-state index contributed by atoms with van der Waals surface area (Å²) in [4.78, 5) is 2.41. The minimum atomic E-state index is 0.450. The van der Waals surface area contributed by atoms with Crippen LogP contribution in [-0.2, 0) is 13.1 Å². The molecule has 1 aromatic heterocycles. The summed E-state index contributed by atoms with van der Waals surface area (Å²) in [6.45, 7) is 8.37. The molecule has 0 amide bonds. The second-order valence-corrected chi connectivity index (χ2v) is 5.78. The summed E-state index contributed by atoms with van der Waals surface area (Å²) in [6, 6.07) is 14.4. The molecule has 1 aromatic carbocycles. The van der Waals surface area contributed by atoms with Crippen molar-refractivity contribution in [1.29, 1.82) is 5.26 Å². The lowest BCUT2D eigenvalue weighted by Crippen LogP contribution is -2.35. The zero-order valence-electron chi connectivity index (χ0n) is 12.9. The maximum atomic E-state index is 8.87. The molecular weight excluding hydrogens is 260 g/mol. The van der Waals surface area contributed by atoms with Crippen LogP contribution in [0, 0.1) is 17.2 Å². The summed E-state index contributed by atoms with van der Waals surface area (Å²) in [5.41, 5.74) is 1.92. The highest BCUT2D eigenvalue weighted by Crippen LogP contribution is 2.18. The molecule has 2 rings (SSSR count). The van der Waals surface area contributed by atoms with Crippen LogP contribution >= 0.6 is 0 Å². The molecule has 0 saturated carbocycles. The van der Waals surface area contributed by atoms with Crippen molar-refractivity contribution in [3.8, 4) is 6.07 Å². The van der Waals surface area contributed by atoms with E-state index in [1.54, 1.807) is 6.26 Å². The van der Waals surface area contributed by atoms with Crippen LogP contribution in [0.3, 0.4) is 0 Å². The Kier molecular flexibility index (Phi) is 5.19. The van der Waals surface area contributed by atoms with Gasteiger partial charge in [0.1, 0.15) is 5.76 Å². The van der Waals surface area contributed by atoms with Gasteiger partial charge in [-0.1, -0.05) is 26.0 Å². The maximum absolute atomic E-state index is 8.87. The highest BCUT2D eigenvalue weighted by Gasteiger charge is 2.18. The molecule has 21 heavy (non-hydrogen) atoms. The van der Waals surface area contributed by atoms with E-state index in [4.69, 9.17) is 9.68 Å². The third-order valence-corrected chi connectivity index (χ3v) is 3.95. The molecule has 3 nitrogen and oxygen atoms in total. The van der Waals surface area contributed by atoms with E-state index in [2.05, 4.69) is 31.7 Å². The van der Waals surface area contributed by atoms with Crippen LogP contribution in [0.1, 0.15) is 37.7 Å². The van der Waals surface area contributed by atoms with E-state index in [1.807, 2.05) is 36.4 Å². The molecule has 0 N–H and O–H groups in total. The molecule has 3 heteroatoms. The van der Waals surface area contributed by atoms with Crippen molar-refractivity contribution >= 4 is 0 Å². The zero-order chi connectivity index (χ0) is 15.2. The first kappa shape index (κ1) is 15.3. The molecule has 0 aliphatic heterocycles. The highest BCUT2D eigenvalue weighted by molar-refractivity contribution is 5.31. The molecular formula is C18H22N2O. The second-order valence-electron chi connectivity index (χ2n) is 5.78. The zero-order valence-corrected chi connectivity index (χ0v) is 12.9. The van der Waals surface area contributed by atoms with Gasteiger partial charge in [0.15, 0.2) is 0 Å². The normalized spacial score (nSPS) is 12.6. The lowest BCUT2D eigenvalue weighted by atomic mass is 10.0. The molecule has 0 spiro atoms. The molecule has 0 radical (unpaired) electrons. The van der Waals surface area contributed by atoms with E-state index < -0.39 is 0 Å². The van der Waals surface area contributed by atoms with E-state index in [-0.39, 0.29) is 0 Å². The molecule has 1 atom stereocenters. The van der Waals surface area contributed by atoms with Crippen LogP contribution < -0.4 is 0 Å². The summed E-state index contributed by atoms with van der Waals surface area (Å²) in [5.74, 6) is 1.55. The fourth-order valence-corrected chi connectivity index (χ4v) is 2.29. The Labute approximate surface area is 126 Å². The molecule has 0 aliphatic rings. The van der Waals surface area contributed by atoms with Crippen LogP contribution in [0.5, 0.6) is 0 Å². The van der Waals surface area contributed by atoms with Crippen LogP contribution in [-0.4, -0.2) is 10.9 Å². The average Bonchev–Trinajstić information content (AvgIpc) is 2.99. The summed E-state index contributed by atoms with van der Waals surface area (Å²) in [7, 11) is 0. The van der Waals surface area contributed by atoms with Gasteiger partial charge >= 0.3 is 0 Å². The highest BCUT2D eigenvalue weighted by atomic mass is 16.3. The van der Waals surface area contributed by atoms with Gasteiger partial charge in [0, 0.05) is 12.6 Å². The van der Waals surface area contributed by atoms with Crippen molar-refractivity contribution in [2.45, 2.75) is 39.9 Å². The summed E-state index contributed by atoms with van der Waals surface area (Å²) in [5, 5.41) is 8.87. The molecule has 1 heterocycles. The predicted molar refractivity (Wildman–Crippen MR) is 83.4 cm³/mol. The SMILES string of the molecule is CC(C)C(C)N(Cc1ccc(C#N)cc1)Cc1ccco1. The maximum Gasteiger partial charge on any atom is 0.117 e. The van der Waals surface area contributed by atoms with E-state index in [0.717, 1.165) is 18.8 Å². The molecule has 2 aromatic rings. The lowest BCUT2D eigenvalue weighted by molar-refractivity contribution is 0.140. The Morgan fingerprint density at radius 1 is 1.10 bits per heavy atom. The Bertz CT molecular complexity index is 579. The van der Waals surface area contributed by atoms with Gasteiger partial charge in [-0.05, 0) is 42.7 Å². The topological polar surface area (TPSA) is 40.2 Å². The number of hydrogen-bond acceptors (Lipinski definition) is 3. The molecule has 110 valence electrons. The quantitative estimate of drug-likeness (QED) is 0.797. The van der Waals surface area contributed by atoms with E-state index in [0.29, 0.717) is 17.5 Å². The Balaban J connectivity index is 2.12. The minimum Gasteiger partial charge on any atom is -0.468 e. The Morgan fingerprint density at radius 3 is 2.33 bits per heavy atom. The lowest BCUT2D eigenvalue weighted by Gasteiger charge is -2.31. The summed E-state index contributed by atoms with van der Waals surface area (Å²) < 4.78 is 5.48. The first-order valence-electron chi connectivity index (χ1n) is 7.35. The number of hydrogen-bond donors (Lipinski definition) is 0. The van der Waals surface area contributed by atoms with Crippen molar-refractivity contribution in [3.05, 3.63) is 59.5 Å². The third-order valence-electron chi connectivity index (χ3n) is 3.95. The first-order chi connectivity index (χ1) is 10.1. The first-order valence-corrected chi connectivity index (χ1v) is 7.35. The minimum absolute atomic E-state index is 0.450. The summed E-state index contributed by atoms with van der Waals surface area (Å²) in [6.07, 6.45) is 1.72. The third kappa shape index (κ3) is 4.21. The number of rotatable bonds is 6. The van der Waals surface area contributed by atoms with Gasteiger partial charge in [-0.3, -0.25) is 4.90 Å². The van der Waals surface area contributed by atoms with Crippen molar-refractivity contribution in [2.24, 2.45) is 5.92 Å². The van der Waals surface area contributed by atoms with Gasteiger partial charge < -0.3 is 4.42 Å². The monoisotopic (exact) mass is 282 g/mol. The van der Waals surface area contributed by atoms with Gasteiger partial charge in [-0.25, -0.2) is 0 Å². The standard InChI is InChI=1S/C18H22N2O/c1-14(2)15(3)20(13-18-5-4-10-21-18)12-17-8-6-16(11-19)7-9-17/h4-10,14-15H,12-13H2,1-3H3. The van der Waals surface area contributed by atoms with Crippen LogP contribution in [0.25, 0.3) is 0 Å². The molecule has 0 aliphatic carbocycles. The second kappa shape index (κ2) is 7.10. The largest absolute Gasteiger partial charge is 0.468 e. The molecule has 1 unspecified atom stereocenters. The van der Waals surface area contributed by atoms with Crippen molar-refractivity contribution < 1.29 is 4.42 Å². The van der Waals surface area contributed by atoms with E-state index in [1.165, 1.54) is 5.56 Å². The van der Waals surface area contributed by atoms with Gasteiger partial charge in [-0.15, -0.1) is 0 Å². The van der Waals surface area contributed by atoms with Gasteiger partial charge in [-0.2, -0.15) is 5.26 Å².